The Hall–Kier alpha value is -1.89. The number of hydrogen-bond donors (Lipinski definition) is 1. The number of thioether (sulfide) groups is 1. The molecule has 1 fully saturated rings. The van der Waals surface area contributed by atoms with E-state index < -0.39 is 11.2 Å². The summed E-state index contributed by atoms with van der Waals surface area (Å²) in [6.07, 6.45) is 1.88. The van der Waals surface area contributed by atoms with Gasteiger partial charge in [0.1, 0.15) is 10.3 Å². The maximum Gasteiger partial charge on any atom is 0.316 e. The molecule has 0 aromatic carbocycles. The summed E-state index contributed by atoms with van der Waals surface area (Å²) in [5.74, 6) is -1.52. The smallest absolute Gasteiger partial charge is 0.316 e. The van der Waals surface area contributed by atoms with Crippen LogP contribution in [-0.4, -0.2) is 33.1 Å². The Morgan fingerprint density at radius 1 is 1.42 bits per heavy atom. The molecule has 0 spiro atoms. The van der Waals surface area contributed by atoms with Crippen molar-refractivity contribution in [1.82, 2.24) is 4.98 Å². The first kappa shape index (κ1) is 13.5. The summed E-state index contributed by atoms with van der Waals surface area (Å²) in [4.78, 5) is 39.4. The zero-order chi connectivity index (χ0) is 14.0. The van der Waals surface area contributed by atoms with Crippen LogP contribution in [-0.2, 0) is 14.4 Å². The number of hydrogen-bond acceptors (Lipinski definition) is 5. The van der Waals surface area contributed by atoms with E-state index in [0.717, 1.165) is 16.7 Å². The van der Waals surface area contributed by atoms with Crippen molar-refractivity contribution in [2.24, 2.45) is 0 Å². The third kappa shape index (κ3) is 2.76. The van der Waals surface area contributed by atoms with Gasteiger partial charge >= 0.3 is 5.97 Å². The molecule has 2 heterocycles. The van der Waals surface area contributed by atoms with Crippen LogP contribution >= 0.6 is 11.8 Å². The number of aliphatic carboxylic acids is 1. The molecule has 7 heteroatoms. The highest BCUT2D eigenvalue weighted by atomic mass is 32.2. The lowest BCUT2D eigenvalue weighted by atomic mass is 10.4. The van der Waals surface area contributed by atoms with Crippen molar-refractivity contribution in [3.8, 4) is 0 Å². The van der Waals surface area contributed by atoms with Gasteiger partial charge in [0.2, 0.25) is 11.8 Å². The molecule has 2 rings (SSSR count). The highest BCUT2D eigenvalue weighted by Crippen LogP contribution is 2.33. The second-order valence-electron chi connectivity index (χ2n) is 4.05. The third-order valence-corrected chi connectivity index (χ3v) is 3.77. The number of carboxylic acid groups (broad SMARTS) is 1. The van der Waals surface area contributed by atoms with Gasteiger partial charge in [-0.25, -0.2) is 9.88 Å². The number of aromatic nitrogens is 1. The van der Waals surface area contributed by atoms with Gasteiger partial charge < -0.3 is 5.11 Å². The van der Waals surface area contributed by atoms with Gasteiger partial charge in [0.05, 0.1) is 5.69 Å². The number of rotatable bonds is 4. The Morgan fingerprint density at radius 2 is 2.05 bits per heavy atom. The lowest BCUT2D eigenvalue weighted by Gasteiger charge is -2.17. The summed E-state index contributed by atoms with van der Waals surface area (Å²) in [7, 11) is 0. The van der Waals surface area contributed by atoms with Crippen molar-refractivity contribution in [3.63, 3.8) is 0 Å². The standard InChI is InChI=1S/C12H12N2O4S/c1-7(12(17)18)19-11-8(3-2-6-13-11)14-9(15)4-5-10(14)16/h2-3,6-7H,4-5H2,1H3,(H,17,18). The molecule has 19 heavy (non-hydrogen) atoms. The fourth-order valence-corrected chi connectivity index (χ4v) is 2.54. The maximum absolute atomic E-state index is 11.7. The molecule has 6 nitrogen and oxygen atoms in total. The average Bonchev–Trinajstić information content (AvgIpc) is 2.70. The van der Waals surface area contributed by atoms with Crippen molar-refractivity contribution in [2.45, 2.75) is 30.0 Å². The molecular formula is C12H12N2O4S. The number of carbonyl (C=O) groups excluding carboxylic acids is 2. The number of nitrogens with zero attached hydrogens (tertiary/aromatic N) is 2. The van der Waals surface area contributed by atoms with Crippen LogP contribution in [0.1, 0.15) is 19.8 Å². The van der Waals surface area contributed by atoms with Crippen LogP contribution in [0.2, 0.25) is 0 Å². The van der Waals surface area contributed by atoms with E-state index in [9.17, 15) is 14.4 Å². The predicted octanol–water partition coefficient (Wildman–Crippen LogP) is 1.30. The Bertz CT molecular complexity index is 530. The van der Waals surface area contributed by atoms with E-state index in [-0.39, 0.29) is 24.7 Å². The average molecular weight is 280 g/mol. The van der Waals surface area contributed by atoms with Crippen LogP contribution < -0.4 is 4.90 Å². The maximum atomic E-state index is 11.7. The van der Waals surface area contributed by atoms with E-state index in [1.807, 2.05) is 0 Å². The van der Waals surface area contributed by atoms with Crippen LogP contribution in [0.4, 0.5) is 5.69 Å². The zero-order valence-corrected chi connectivity index (χ0v) is 11.0. The fourth-order valence-electron chi connectivity index (χ4n) is 1.71. The first-order chi connectivity index (χ1) is 9.00. The third-order valence-electron chi connectivity index (χ3n) is 2.68. The summed E-state index contributed by atoms with van der Waals surface area (Å²) in [6.45, 7) is 1.53. The van der Waals surface area contributed by atoms with E-state index in [1.165, 1.54) is 13.1 Å². The minimum Gasteiger partial charge on any atom is -0.480 e. The van der Waals surface area contributed by atoms with Crippen molar-refractivity contribution in [1.29, 1.82) is 0 Å². The monoisotopic (exact) mass is 280 g/mol. The van der Waals surface area contributed by atoms with Gasteiger partial charge in [0, 0.05) is 19.0 Å². The first-order valence-corrected chi connectivity index (χ1v) is 6.59. The molecule has 1 aromatic rings. The summed E-state index contributed by atoms with van der Waals surface area (Å²) in [5, 5.41) is 8.58. The number of carboxylic acids is 1. The number of carbonyl (C=O) groups is 3. The molecule has 1 atom stereocenters. The second kappa shape index (κ2) is 5.40. The lowest BCUT2D eigenvalue weighted by molar-refractivity contribution is -0.136. The van der Waals surface area contributed by atoms with E-state index >= 15 is 0 Å². The SMILES string of the molecule is CC(Sc1ncccc1N1C(=O)CCC1=O)C(=O)O. The molecular weight excluding hydrogens is 268 g/mol. The van der Waals surface area contributed by atoms with E-state index in [4.69, 9.17) is 5.11 Å². The summed E-state index contributed by atoms with van der Waals surface area (Å²) in [6, 6.07) is 3.22. The molecule has 0 radical (unpaired) electrons. The van der Waals surface area contributed by atoms with Crippen LogP contribution in [0, 0.1) is 0 Å². The molecule has 0 aliphatic carbocycles. The van der Waals surface area contributed by atoms with E-state index in [2.05, 4.69) is 4.98 Å². The number of amides is 2. The van der Waals surface area contributed by atoms with Gasteiger partial charge in [-0.05, 0) is 19.1 Å². The summed E-state index contributed by atoms with van der Waals surface area (Å²) >= 11 is 1.01. The topological polar surface area (TPSA) is 87.6 Å². The molecule has 1 saturated heterocycles. The largest absolute Gasteiger partial charge is 0.480 e. The van der Waals surface area contributed by atoms with E-state index in [0.29, 0.717) is 10.7 Å². The van der Waals surface area contributed by atoms with Gasteiger partial charge in [-0.3, -0.25) is 14.4 Å². The van der Waals surface area contributed by atoms with Gasteiger partial charge in [0.25, 0.3) is 0 Å². The molecule has 100 valence electrons. The normalized spacial score (nSPS) is 16.8. The Balaban J connectivity index is 2.33. The van der Waals surface area contributed by atoms with Crippen molar-refractivity contribution in [3.05, 3.63) is 18.3 Å². The Kier molecular flexibility index (Phi) is 3.84. The van der Waals surface area contributed by atoms with Gasteiger partial charge in [-0.1, -0.05) is 11.8 Å². The predicted molar refractivity (Wildman–Crippen MR) is 68.9 cm³/mol. The minimum absolute atomic E-state index is 0.187. The zero-order valence-electron chi connectivity index (χ0n) is 10.2. The van der Waals surface area contributed by atoms with Gasteiger partial charge in [0.15, 0.2) is 0 Å². The highest BCUT2D eigenvalue weighted by Gasteiger charge is 2.32. The first-order valence-electron chi connectivity index (χ1n) is 5.71. The second-order valence-corrected chi connectivity index (χ2v) is 5.38. The molecule has 0 saturated carbocycles. The molecule has 1 aliphatic heterocycles. The molecule has 1 unspecified atom stereocenters. The van der Waals surface area contributed by atoms with Crippen LogP contribution in [0.25, 0.3) is 0 Å². The minimum atomic E-state index is -0.972. The number of anilines is 1. The van der Waals surface area contributed by atoms with Crippen LogP contribution in [0.15, 0.2) is 23.4 Å². The van der Waals surface area contributed by atoms with Crippen LogP contribution in [0.5, 0.6) is 0 Å². The summed E-state index contributed by atoms with van der Waals surface area (Å²) < 4.78 is 0. The van der Waals surface area contributed by atoms with Gasteiger partial charge in [-0.15, -0.1) is 0 Å². The van der Waals surface area contributed by atoms with Crippen LogP contribution in [0.3, 0.4) is 0 Å². The molecule has 1 aromatic heterocycles. The molecule has 2 amide bonds. The van der Waals surface area contributed by atoms with Crippen molar-refractivity contribution >= 4 is 35.2 Å². The Labute approximate surface area is 113 Å². The molecule has 1 N–H and O–H groups in total. The summed E-state index contributed by atoms with van der Waals surface area (Å²) in [5.41, 5.74) is 0.369. The quantitative estimate of drug-likeness (QED) is 0.660. The van der Waals surface area contributed by atoms with Crippen molar-refractivity contribution < 1.29 is 19.5 Å². The Morgan fingerprint density at radius 3 is 2.63 bits per heavy atom. The van der Waals surface area contributed by atoms with E-state index in [1.54, 1.807) is 12.1 Å². The highest BCUT2D eigenvalue weighted by molar-refractivity contribution is 8.00. The molecule has 1 aliphatic rings. The molecule has 0 bridgehead atoms. The van der Waals surface area contributed by atoms with Crippen molar-refractivity contribution in [2.75, 3.05) is 4.90 Å². The number of pyridine rings is 1. The number of imide groups is 1. The lowest BCUT2D eigenvalue weighted by Crippen LogP contribution is -2.29. The van der Waals surface area contributed by atoms with Gasteiger partial charge in [-0.2, -0.15) is 0 Å². The fraction of sp³-hybridized carbons (Fsp3) is 0.333.